The topological polar surface area (TPSA) is 88.1 Å². The molecule has 1 fully saturated rings. The van der Waals surface area contributed by atoms with E-state index in [1.807, 2.05) is 0 Å². The molecule has 144 valence electrons. The van der Waals surface area contributed by atoms with Crippen molar-refractivity contribution in [3.63, 3.8) is 0 Å². The molecular weight excluding hydrogens is 381 g/mol. The number of hydrogen-bond donors (Lipinski definition) is 2. The Morgan fingerprint density at radius 3 is 2.31 bits per heavy atom. The van der Waals surface area contributed by atoms with Gasteiger partial charge in [-0.25, -0.2) is 4.79 Å². The monoisotopic (exact) mass is 396 g/mol. The number of carbonyl (C=O) groups is 2. The Balaban J connectivity index is 2.21. The third-order valence-corrected chi connectivity index (χ3v) is 4.36. The van der Waals surface area contributed by atoms with E-state index in [0.29, 0.717) is 0 Å². The van der Waals surface area contributed by atoms with Gasteiger partial charge in [-0.1, -0.05) is 11.6 Å². The van der Waals surface area contributed by atoms with Crippen LogP contribution >= 0.6 is 11.6 Å². The highest BCUT2D eigenvalue weighted by atomic mass is 35.5. The van der Waals surface area contributed by atoms with E-state index in [9.17, 15) is 22.8 Å². The standard InChI is InChI=1S/C15H16ClF3N2O5/c1-25-11-4-12(26-2)10(3-9(11)16)20-14(24)21-5-7(13(22)23)8(6-21)15(17,18)19/h3-4,7-8H,5-6H2,1-2H3,(H,20,24)(H,22,23)/t7-,8-/m1/s1. The first-order valence-electron chi connectivity index (χ1n) is 7.35. The fourth-order valence-electron chi connectivity index (χ4n) is 2.70. The zero-order chi connectivity index (χ0) is 19.6. The maximum absolute atomic E-state index is 13.0. The molecule has 2 amide bonds. The average molecular weight is 397 g/mol. The van der Waals surface area contributed by atoms with Crippen LogP contribution in [0.2, 0.25) is 5.02 Å². The number of ether oxygens (including phenoxy) is 2. The van der Waals surface area contributed by atoms with Crippen LogP contribution in [-0.2, 0) is 4.79 Å². The maximum Gasteiger partial charge on any atom is 0.394 e. The van der Waals surface area contributed by atoms with Gasteiger partial charge < -0.3 is 24.8 Å². The summed E-state index contributed by atoms with van der Waals surface area (Å²) in [5, 5.41) is 11.5. The highest BCUT2D eigenvalue weighted by Gasteiger charge is 2.53. The smallest absolute Gasteiger partial charge is 0.394 e. The Labute approximate surface area is 151 Å². The predicted molar refractivity (Wildman–Crippen MR) is 85.8 cm³/mol. The van der Waals surface area contributed by atoms with Gasteiger partial charge >= 0.3 is 18.2 Å². The number of carboxylic acid groups (broad SMARTS) is 1. The van der Waals surface area contributed by atoms with Gasteiger partial charge in [0, 0.05) is 19.2 Å². The number of aliphatic carboxylic acids is 1. The van der Waals surface area contributed by atoms with Crippen LogP contribution in [0.3, 0.4) is 0 Å². The van der Waals surface area contributed by atoms with Crippen LogP contribution in [0, 0.1) is 11.8 Å². The number of anilines is 1. The molecule has 0 spiro atoms. The molecule has 1 aliphatic heterocycles. The zero-order valence-electron chi connectivity index (χ0n) is 13.8. The molecule has 7 nitrogen and oxygen atoms in total. The van der Waals surface area contributed by atoms with Crippen molar-refractivity contribution in [3.8, 4) is 11.5 Å². The molecule has 2 N–H and O–H groups in total. The first-order valence-corrected chi connectivity index (χ1v) is 7.73. The summed E-state index contributed by atoms with van der Waals surface area (Å²) in [5.74, 6) is -4.99. The molecule has 0 radical (unpaired) electrons. The number of hydrogen-bond acceptors (Lipinski definition) is 4. The Morgan fingerprint density at radius 1 is 1.23 bits per heavy atom. The number of methoxy groups -OCH3 is 2. The minimum atomic E-state index is -4.72. The number of carboxylic acids is 1. The fourth-order valence-corrected chi connectivity index (χ4v) is 2.94. The lowest BCUT2D eigenvalue weighted by atomic mass is 9.96. The van der Waals surface area contributed by atoms with Crippen LogP contribution in [0.1, 0.15) is 0 Å². The number of alkyl halides is 3. The molecule has 2 rings (SSSR count). The van der Waals surface area contributed by atoms with Crippen LogP contribution in [0.4, 0.5) is 23.7 Å². The quantitative estimate of drug-likeness (QED) is 0.816. The van der Waals surface area contributed by atoms with Crippen molar-refractivity contribution in [1.82, 2.24) is 4.90 Å². The van der Waals surface area contributed by atoms with Crippen LogP contribution in [0.15, 0.2) is 12.1 Å². The Morgan fingerprint density at radius 2 is 1.85 bits per heavy atom. The van der Waals surface area contributed by atoms with E-state index in [4.69, 9.17) is 26.2 Å². The fraction of sp³-hybridized carbons (Fsp3) is 0.467. The van der Waals surface area contributed by atoms with Crippen LogP contribution in [-0.4, -0.2) is 55.5 Å². The number of likely N-dealkylation sites (tertiary alicyclic amines) is 1. The number of rotatable bonds is 4. The Hall–Kier alpha value is -2.36. The molecule has 1 aromatic rings. The molecule has 0 unspecified atom stereocenters. The van der Waals surface area contributed by atoms with Crippen LogP contribution in [0.5, 0.6) is 11.5 Å². The third-order valence-electron chi connectivity index (χ3n) is 4.06. The first-order chi connectivity index (χ1) is 12.1. The highest BCUT2D eigenvalue weighted by Crippen LogP contribution is 2.39. The number of halogens is 4. The van der Waals surface area contributed by atoms with E-state index in [1.54, 1.807) is 0 Å². The summed E-state index contributed by atoms with van der Waals surface area (Å²) < 4.78 is 49.2. The summed E-state index contributed by atoms with van der Waals surface area (Å²) in [7, 11) is 2.71. The highest BCUT2D eigenvalue weighted by molar-refractivity contribution is 6.32. The van der Waals surface area contributed by atoms with Gasteiger partial charge in [0.15, 0.2) is 0 Å². The number of benzene rings is 1. The number of nitrogens with one attached hydrogen (secondary N) is 1. The van der Waals surface area contributed by atoms with Crippen LogP contribution in [0.25, 0.3) is 0 Å². The van der Waals surface area contributed by atoms with Gasteiger partial charge in [-0.3, -0.25) is 4.79 Å². The van der Waals surface area contributed by atoms with Gasteiger partial charge in [-0.15, -0.1) is 0 Å². The van der Waals surface area contributed by atoms with E-state index < -0.39 is 43.1 Å². The van der Waals surface area contributed by atoms with Crippen LogP contribution < -0.4 is 14.8 Å². The summed E-state index contributed by atoms with van der Waals surface area (Å²) in [4.78, 5) is 24.2. The minimum Gasteiger partial charge on any atom is -0.495 e. The summed E-state index contributed by atoms with van der Waals surface area (Å²) in [6.45, 7) is -1.31. The maximum atomic E-state index is 13.0. The molecule has 2 atom stereocenters. The third kappa shape index (κ3) is 4.06. The van der Waals surface area contributed by atoms with Crippen molar-refractivity contribution in [2.24, 2.45) is 11.8 Å². The molecule has 11 heteroatoms. The number of carbonyl (C=O) groups excluding carboxylic acids is 1. The van der Waals surface area contributed by atoms with Gasteiger partial charge in [-0.2, -0.15) is 13.2 Å². The molecule has 1 aliphatic rings. The molecule has 26 heavy (non-hydrogen) atoms. The number of amides is 2. The molecule has 0 aromatic heterocycles. The van der Waals surface area contributed by atoms with Crippen molar-refractivity contribution in [2.45, 2.75) is 6.18 Å². The van der Waals surface area contributed by atoms with Crippen molar-refractivity contribution < 1.29 is 37.3 Å². The molecular formula is C15H16ClF3N2O5. The summed E-state index contributed by atoms with van der Waals surface area (Å²) in [6.07, 6.45) is -4.72. The lowest BCUT2D eigenvalue weighted by Crippen LogP contribution is -2.35. The molecule has 0 aliphatic carbocycles. The van der Waals surface area contributed by atoms with Crippen molar-refractivity contribution in [2.75, 3.05) is 32.6 Å². The van der Waals surface area contributed by atoms with E-state index in [0.717, 1.165) is 4.90 Å². The lowest BCUT2D eigenvalue weighted by Gasteiger charge is -2.20. The second kappa shape index (κ2) is 7.48. The van der Waals surface area contributed by atoms with Gasteiger partial charge in [0.1, 0.15) is 11.5 Å². The second-order valence-electron chi connectivity index (χ2n) is 5.62. The van der Waals surface area contributed by atoms with E-state index >= 15 is 0 Å². The van der Waals surface area contributed by atoms with Gasteiger partial charge in [0.2, 0.25) is 0 Å². The minimum absolute atomic E-state index is 0.116. The summed E-state index contributed by atoms with van der Waals surface area (Å²) in [5.41, 5.74) is 0.116. The Kier molecular flexibility index (Phi) is 5.74. The average Bonchev–Trinajstić information content (AvgIpc) is 3.01. The van der Waals surface area contributed by atoms with E-state index in [1.165, 1.54) is 26.4 Å². The normalized spacial score (nSPS) is 20.0. The first kappa shape index (κ1) is 20.0. The molecule has 1 heterocycles. The number of nitrogens with zero attached hydrogens (tertiary/aromatic N) is 1. The molecule has 0 bridgehead atoms. The van der Waals surface area contributed by atoms with Crippen molar-refractivity contribution in [3.05, 3.63) is 17.2 Å². The van der Waals surface area contributed by atoms with Gasteiger partial charge in [-0.05, 0) is 6.07 Å². The van der Waals surface area contributed by atoms with E-state index in [2.05, 4.69) is 5.32 Å². The van der Waals surface area contributed by atoms with Crippen molar-refractivity contribution >= 4 is 29.3 Å². The predicted octanol–water partition coefficient (Wildman–Crippen LogP) is 3.08. The van der Waals surface area contributed by atoms with Gasteiger partial charge in [0.25, 0.3) is 0 Å². The molecule has 1 aromatic carbocycles. The Bertz CT molecular complexity index is 713. The number of urea groups is 1. The lowest BCUT2D eigenvalue weighted by molar-refractivity contribution is -0.187. The largest absolute Gasteiger partial charge is 0.495 e. The second-order valence-corrected chi connectivity index (χ2v) is 6.02. The van der Waals surface area contributed by atoms with Crippen molar-refractivity contribution in [1.29, 1.82) is 0 Å². The summed E-state index contributed by atoms with van der Waals surface area (Å²) in [6, 6.07) is 1.84. The molecule has 1 saturated heterocycles. The van der Waals surface area contributed by atoms with E-state index in [-0.39, 0.29) is 22.2 Å². The SMILES string of the molecule is COc1cc(OC)c(NC(=O)N2C[C@@H](C(F)(F)F)[C@H](C(=O)O)C2)cc1Cl. The van der Waals surface area contributed by atoms with Gasteiger partial charge in [0.05, 0.1) is 36.8 Å². The zero-order valence-corrected chi connectivity index (χ0v) is 14.5. The summed E-state index contributed by atoms with van der Waals surface area (Å²) >= 11 is 5.98. The molecule has 0 saturated carbocycles.